The number of anilines is 2. The van der Waals surface area contributed by atoms with Crippen molar-refractivity contribution in [2.45, 2.75) is 19.4 Å². The molecule has 2 amide bonds. The maximum Gasteiger partial charge on any atom is 0.323 e. The van der Waals surface area contributed by atoms with Crippen LogP contribution in [-0.2, 0) is 13.0 Å². The molecule has 6 nitrogen and oxygen atoms in total. The topological polar surface area (TPSA) is 68.2 Å². The number of amides is 2. The molecule has 1 aliphatic rings. The van der Waals surface area contributed by atoms with Crippen LogP contribution in [0.25, 0.3) is 11.3 Å². The van der Waals surface area contributed by atoms with Crippen molar-refractivity contribution in [3.8, 4) is 17.0 Å². The number of aromatic nitrogens is 2. The second-order valence-electron chi connectivity index (χ2n) is 6.20. The number of methoxy groups -OCH3 is 1. The first kappa shape index (κ1) is 16.2. The molecular formula is C20H20N4O2. The second kappa shape index (κ2) is 6.92. The summed E-state index contributed by atoms with van der Waals surface area (Å²) in [5.74, 6) is 1.88. The number of ether oxygens (including phenoxy) is 1. The molecular weight excluding hydrogens is 328 g/mol. The minimum absolute atomic E-state index is 0.286. The highest BCUT2D eigenvalue weighted by atomic mass is 16.5. The molecule has 6 heteroatoms. The number of rotatable bonds is 4. The number of hydrogen-bond donors (Lipinski definition) is 2. The van der Waals surface area contributed by atoms with Crippen molar-refractivity contribution in [1.29, 1.82) is 0 Å². The third-order valence-electron chi connectivity index (χ3n) is 4.48. The average molecular weight is 348 g/mol. The third-order valence-corrected chi connectivity index (χ3v) is 4.48. The zero-order valence-corrected chi connectivity index (χ0v) is 14.5. The van der Waals surface area contributed by atoms with E-state index in [1.54, 1.807) is 31.4 Å². The van der Waals surface area contributed by atoms with Gasteiger partial charge >= 0.3 is 6.03 Å². The summed E-state index contributed by atoms with van der Waals surface area (Å²) < 4.78 is 7.36. The van der Waals surface area contributed by atoms with E-state index >= 15 is 0 Å². The fourth-order valence-electron chi connectivity index (χ4n) is 3.21. The van der Waals surface area contributed by atoms with E-state index in [1.165, 1.54) is 0 Å². The molecule has 2 N–H and O–H groups in total. The largest absolute Gasteiger partial charge is 0.497 e. The van der Waals surface area contributed by atoms with E-state index in [0.29, 0.717) is 5.69 Å². The first-order valence-corrected chi connectivity index (χ1v) is 8.60. The van der Waals surface area contributed by atoms with Gasteiger partial charge in [0, 0.05) is 29.9 Å². The van der Waals surface area contributed by atoms with E-state index in [1.807, 2.05) is 30.5 Å². The Morgan fingerprint density at radius 1 is 1.12 bits per heavy atom. The van der Waals surface area contributed by atoms with Gasteiger partial charge < -0.3 is 19.9 Å². The van der Waals surface area contributed by atoms with Gasteiger partial charge in [-0.15, -0.1) is 0 Å². The van der Waals surface area contributed by atoms with Gasteiger partial charge in [-0.05, 0) is 42.8 Å². The van der Waals surface area contributed by atoms with Crippen LogP contribution in [0.5, 0.6) is 5.75 Å². The van der Waals surface area contributed by atoms with Crippen LogP contribution < -0.4 is 15.4 Å². The molecule has 0 saturated heterocycles. The molecule has 26 heavy (non-hydrogen) atoms. The van der Waals surface area contributed by atoms with Gasteiger partial charge in [-0.2, -0.15) is 0 Å². The Hall–Kier alpha value is -3.28. The average Bonchev–Trinajstić information content (AvgIpc) is 3.26. The minimum Gasteiger partial charge on any atom is -0.497 e. The minimum atomic E-state index is -0.286. The quantitative estimate of drug-likeness (QED) is 0.744. The van der Waals surface area contributed by atoms with Crippen LogP contribution in [0.15, 0.2) is 54.7 Å². The lowest BCUT2D eigenvalue weighted by Crippen LogP contribution is -2.19. The Morgan fingerprint density at radius 3 is 2.73 bits per heavy atom. The van der Waals surface area contributed by atoms with Crippen LogP contribution in [0.3, 0.4) is 0 Å². The summed E-state index contributed by atoms with van der Waals surface area (Å²) in [4.78, 5) is 16.7. The number of imidazole rings is 1. The Kier molecular flexibility index (Phi) is 4.31. The van der Waals surface area contributed by atoms with Crippen LogP contribution in [0, 0.1) is 0 Å². The fourth-order valence-corrected chi connectivity index (χ4v) is 3.21. The number of carbonyl (C=O) groups is 1. The standard InChI is InChI=1S/C20H20N4O2/c1-26-17-9-7-15(8-10-17)22-20(25)23-16-5-2-4-14(12-16)18-13-21-19-6-3-11-24(18)19/h2,4-5,7-10,12-13H,3,6,11H2,1H3,(H2,22,23,25). The van der Waals surface area contributed by atoms with Crippen molar-refractivity contribution < 1.29 is 9.53 Å². The van der Waals surface area contributed by atoms with Crippen LogP contribution in [0.2, 0.25) is 0 Å². The lowest BCUT2D eigenvalue weighted by molar-refractivity contribution is 0.262. The van der Waals surface area contributed by atoms with Crippen molar-refractivity contribution in [1.82, 2.24) is 9.55 Å². The van der Waals surface area contributed by atoms with Crippen molar-refractivity contribution in [3.63, 3.8) is 0 Å². The number of nitrogens with zero attached hydrogens (tertiary/aromatic N) is 2. The summed E-state index contributed by atoms with van der Waals surface area (Å²) in [6.07, 6.45) is 4.08. The lowest BCUT2D eigenvalue weighted by Gasteiger charge is -2.10. The first-order chi connectivity index (χ1) is 12.7. The van der Waals surface area contributed by atoms with E-state index < -0.39 is 0 Å². The molecule has 1 aliphatic heterocycles. The van der Waals surface area contributed by atoms with E-state index in [4.69, 9.17) is 4.74 Å². The van der Waals surface area contributed by atoms with Gasteiger partial charge in [0.25, 0.3) is 0 Å². The molecule has 2 heterocycles. The van der Waals surface area contributed by atoms with Crippen molar-refractivity contribution in [3.05, 3.63) is 60.6 Å². The summed E-state index contributed by atoms with van der Waals surface area (Å²) in [7, 11) is 1.61. The molecule has 0 atom stereocenters. The normalized spacial score (nSPS) is 12.5. The highest BCUT2D eigenvalue weighted by Gasteiger charge is 2.16. The van der Waals surface area contributed by atoms with Crippen LogP contribution in [-0.4, -0.2) is 22.7 Å². The first-order valence-electron chi connectivity index (χ1n) is 8.60. The molecule has 0 fully saturated rings. The lowest BCUT2D eigenvalue weighted by atomic mass is 10.1. The maximum atomic E-state index is 12.3. The number of hydrogen-bond acceptors (Lipinski definition) is 3. The van der Waals surface area contributed by atoms with E-state index in [-0.39, 0.29) is 6.03 Å². The Bertz CT molecular complexity index is 931. The van der Waals surface area contributed by atoms with Gasteiger partial charge in [-0.3, -0.25) is 0 Å². The third kappa shape index (κ3) is 3.26. The van der Waals surface area contributed by atoms with Crippen LogP contribution in [0.1, 0.15) is 12.2 Å². The molecule has 0 unspecified atom stereocenters. The summed E-state index contributed by atoms with van der Waals surface area (Å²) >= 11 is 0. The highest BCUT2D eigenvalue weighted by Crippen LogP contribution is 2.27. The SMILES string of the molecule is COc1ccc(NC(=O)Nc2cccc(-c3cnc4n3CCC4)c2)cc1. The fraction of sp³-hybridized carbons (Fsp3) is 0.200. The zero-order valence-electron chi connectivity index (χ0n) is 14.5. The highest BCUT2D eigenvalue weighted by molar-refractivity contribution is 6.00. The molecule has 0 radical (unpaired) electrons. The molecule has 3 aromatic rings. The number of carbonyl (C=O) groups excluding carboxylic acids is 1. The molecule has 0 saturated carbocycles. The second-order valence-corrected chi connectivity index (χ2v) is 6.20. The molecule has 2 aromatic carbocycles. The molecule has 1 aromatic heterocycles. The Labute approximate surface area is 151 Å². The van der Waals surface area contributed by atoms with Crippen LogP contribution >= 0.6 is 0 Å². The molecule has 132 valence electrons. The predicted molar refractivity (Wildman–Crippen MR) is 102 cm³/mol. The summed E-state index contributed by atoms with van der Waals surface area (Å²) in [5, 5.41) is 5.69. The molecule has 0 bridgehead atoms. The van der Waals surface area contributed by atoms with Crippen LogP contribution in [0.4, 0.5) is 16.2 Å². The number of fused-ring (bicyclic) bond motifs is 1. The van der Waals surface area contributed by atoms with Gasteiger partial charge in [-0.1, -0.05) is 12.1 Å². The number of aryl methyl sites for hydroxylation is 1. The van der Waals surface area contributed by atoms with Crippen molar-refractivity contribution >= 4 is 17.4 Å². The van der Waals surface area contributed by atoms with Gasteiger partial charge in [0.15, 0.2) is 0 Å². The van der Waals surface area contributed by atoms with E-state index in [0.717, 1.165) is 47.9 Å². The van der Waals surface area contributed by atoms with Gasteiger partial charge in [0.1, 0.15) is 11.6 Å². The van der Waals surface area contributed by atoms with E-state index in [2.05, 4.69) is 20.2 Å². The molecule has 0 spiro atoms. The number of urea groups is 1. The summed E-state index contributed by atoms with van der Waals surface area (Å²) in [6.45, 7) is 1.00. The predicted octanol–water partition coefficient (Wildman–Crippen LogP) is 4.15. The number of nitrogens with one attached hydrogen (secondary N) is 2. The van der Waals surface area contributed by atoms with Crippen molar-refractivity contribution in [2.75, 3.05) is 17.7 Å². The molecule has 0 aliphatic carbocycles. The van der Waals surface area contributed by atoms with Gasteiger partial charge in [0.2, 0.25) is 0 Å². The Morgan fingerprint density at radius 2 is 1.92 bits per heavy atom. The number of benzene rings is 2. The monoisotopic (exact) mass is 348 g/mol. The molecule has 4 rings (SSSR count). The summed E-state index contributed by atoms with van der Waals surface area (Å²) in [6, 6.07) is 14.7. The Balaban J connectivity index is 1.47. The van der Waals surface area contributed by atoms with E-state index in [9.17, 15) is 4.79 Å². The van der Waals surface area contributed by atoms with Gasteiger partial charge in [-0.25, -0.2) is 9.78 Å². The smallest absolute Gasteiger partial charge is 0.323 e. The maximum absolute atomic E-state index is 12.3. The van der Waals surface area contributed by atoms with Crippen molar-refractivity contribution in [2.24, 2.45) is 0 Å². The summed E-state index contributed by atoms with van der Waals surface area (Å²) in [5.41, 5.74) is 3.58. The zero-order chi connectivity index (χ0) is 17.9. The van der Waals surface area contributed by atoms with Gasteiger partial charge in [0.05, 0.1) is 19.0 Å².